The third-order valence-corrected chi connectivity index (χ3v) is 4.10. The van der Waals surface area contributed by atoms with Crippen molar-refractivity contribution in [3.63, 3.8) is 0 Å². The SMILES string of the molecule is Cc1c(F)cc([C@@H](C)NC(=O)c2coc(Oc3cccc(Cl)c3)n2)cc1F. The first kappa shape index (κ1) is 18.8. The van der Waals surface area contributed by atoms with Gasteiger partial charge in [0.05, 0.1) is 6.04 Å². The number of aromatic nitrogens is 1. The molecule has 1 N–H and O–H groups in total. The minimum absolute atomic E-state index is 0.0352. The van der Waals surface area contributed by atoms with Crippen LogP contribution in [0.1, 0.15) is 34.6 Å². The zero-order chi connectivity index (χ0) is 19.6. The van der Waals surface area contributed by atoms with E-state index in [2.05, 4.69) is 10.3 Å². The number of hydrogen-bond acceptors (Lipinski definition) is 4. The standard InChI is InChI=1S/C19H15ClF2N2O3/c1-10-15(21)6-12(7-16(10)22)11(2)23-18(25)17-9-26-19(24-17)27-14-5-3-4-13(20)8-14/h3-9,11H,1-2H3,(H,23,25)/t11-/m1/s1. The van der Waals surface area contributed by atoms with Gasteiger partial charge in [-0.25, -0.2) is 8.78 Å². The molecular weight excluding hydrogens is 378 g/mol. The molecule has 5 nitrogen and oxygen atoms in total. The Balaban J connectivity index is 1.69. The van der Waals surface area contributed by atoms with E-state index < -0.39 is 23.6 Å². The van der Waals surface area contributed by atoms with Crippen LogP contribution in [0.25, 0.3) is 0 Å². The van der Waals surface area contributed by atoms with E-state index in [1.165, 1.54) is 19.1 Å². The van der Waals surface area contributed by atoms with E-state index in [0.717, 1.165) is 6.26 Å². The van der Waals surface area contributed by atoms with Gasteiger partial charge in [-0.15, -0.1) is 0 Å². The van der Waals surface area contributed by atoms with Gasteiger partial charge in [-0.2, -0.15) is 4.98 Å². The molecule has 0 saturated carbocycles. The van der Waals surface area contributed by atoms with E-state index >= 15 is 0 Å². The largest absolute Gasteiger partial charge is 0.416 e. The fourth-order valence-corrected chi connectivity index (χ4v) is 2.49. The molecule has 0 bridgehead atoms. The number of nitrogens with zero attached hydrogens (tertiary/aromatic N) is 1. The van der Waals surface area contributed by atoms with Crippen molar-refractivity contribution in [3.05, 3.63) is 76.1 Å². The highest BCUT2D eigenvalue weighted by Crippen LogP contribution is 2.24. The van der Waals surface area contributed by atoms with Crippen LogP contribution in [-0.2, 0) is 0 Å². The van der Waals surface area contributed by atoms with Gasteiger partial charge in [0.1, 0.15) is 23.6 Å². The molecule has 1 atom stereocenters. The molecule has 8 heteroatoms. The molecule has 1 amide bonds. The van der Waals surface area contributed by atoms with Gasteiger partial charge in [0.2, 0.25) is 0 Å². The van der Waals surface area contributed by atoms with E-state index in [1.807, 2.05) is 0 Å². The molecule has 0 spiro atoms. The number of hydrogen-bond donors (Lipinski definition) is 1. The highest BCUT2D eigenvalue weighted by Gasteiger charge is 2.18. The Morgan fingerprint density at radius 2 is 1.96 bits per heavy atom. The van der Waals surface area contributed by atoms with Crippen LogP contribution in [0.5, 0.6) is 11.8 Å². The molecule has 27 heavy (non-hydrogen) atoms. The van der Waals surface area contributed by atoms with Crippen LogP contribution in [0.15, 0.2) is 47.1 Å². The Bertz CT molecular complexity index is 968. The molecule has 3 rings (SSSR count). The van der Waals surface area contributed by atoms with E-state index in [4.69, 9.17) is 20.8 Å². The highest BCUT2D eigenvalue weighted by atomic mass is 35.5. The van der Waals surface area contributed by atoms with Crippen molar-refractivity contribution in [3.8, 4) is 11.8 Å². The minimum Gasteiger partial charge on any atom is -0.416 e. The summed E-state index contributed by atoms with van der Waals surface area (Å²) in [6, 6.07) is 8.30. The lowest BCUT2D eigenvalue weighted by Crippen LogP contribution is -2.27. The van der Waals surface area contributed by atoms with Gasteiger partial charge in [0, 0.05) is 10.6 Å². The second-order valence-corrected chi connectivity index (χ2v) is 6.30. The average Bonchev–Trinajstić information content (AvgIpc) is 3.07. The first-order valence-corrected chi connectivity index (χ1v) is 8.36. The summed E-state index contributed by atoms with van der Waals surface area (Å²) in [5, 5.41) is 3.08. The summed E-state index contributed by atoms with van der Waals surface area (Å²) in [7, 11) is 0. The summed E-state index contributed by atoms with van der Waals surface area (Å²) in [6.07, 6.45) is 0.987. The summed E-state index contributed by atoms with van der Waals surface area (Å²) >= 11 is 5.87. The zero-order valence-electron chi connectivity index (χ0n) is 14.4. The lowest BCUT2D eigenvalue weighted by atomic mass is 10.1. The summed E-state index contributed by atoms with van der Waals surface area (Å²) in [5.41, 5.74) is 0.186. The van der Waals surface area contributed by atoms with Gasteiger partial charge in [-0.05, 0) is 49.7 Å². The number of ether oxygens (including phenoxy) is 1. The number of rotatable bonds is 5. The minimum atomic E-state index is -0.676. The van der Waals surface area contributed by atoms with Crippen LogP contribution >= 0.6 is 11.6 Å². The number of amides is 1. The van der Waals surface area contributed by atoms with Crippen molar-refractivity contribution in [2.24, 2.45) is 0 Å². The monoisotopic (exact) mass is 392 g/mol. The number of nitrogens with one attached hydrogen (secondary N) is 1. The zero-order valence-corrected chi connectivity index (χ0v) is 15.2. The first-order valence-electron chi connectivity index (χ1n) is 7.99. The second-order valence-electron chi connectivity index (χ2n) is 5.86. The van der Waals surface area contributed by atoms with Crippen LogP contribution < -0.4 is 10.1 Å². The van der Waals surface area contributed by atoms with Gasteiger partial charge in [0.15, 0.2) is 5.69 Å². The predicted octanol–water partition coefficient (Wildman–Crippen LogP) is 5.20. The third kappa shape index (κ3) is 4.43. The number of carbonyl (C=O) groups excluding carboxylic acids is 1. The number of oxazole rings is 1. The lowest BCUT2D eigenvalue weighted by Gasteiger charge is -2.14. The Morgan fingerprint density at radius 3 is 2.63 bits per heavy atom. The van der Waals surface area contributed by atoms with Gasteiger partial charge >= 0.3 is 6.08 Å². The Morgan fingerprint density at radius 1 is 1.26 bits per heavy atom. The van der Waals surface area contributed by atoms with Gasteiger partial charge < -0.3 is 14.5 Å². The van der Waals surface area contributed by atoms with Crippen molar-refractivity contribution in [1.29, 1.82) is 0 Å². The average molecular weight is 393 g/mol. The highest BCUT2D eigenvalue weighted by molar-refractivity contribution is 6.30. The molecule has 0 aliphatic carbocycles. The lowest BCUT2D eigenvalue weighted by molar-refractivity contribution is 0.0934. The van der Waals surface area contributed by atoms with Crippen molar-refractivity contribution in [2.75, 3.05) is 0 Å². The van der Waals surface area contributed by atoms with Crippen LogP contribution in [-0.4, -0.2) is 10.9 Å². The van der Waals surface area contributed by atoms with Gasteiger partial charge in [0.25, 0.3) is 5.91 Å². The molecule has 1 aromatic heterocycles. The normalized spacial score (nSPS) is 11.9. The van der Waals surface area contributed by atoms with Crippen LogP contribution in [0.2, 0.25) is 5.02 Å². The fourth-order valence-electron chi connectivity index (χ4n) is 2.31. The molecule has 0 radical (unpaired) electrons. The topological polar surface area (TPSA) is 64.4 Å². The Kier molecular flexibility index (Phi) is 5.41. The fraction of sp³-hybridized carbons (Fsp3) is 0.158. The molecule has 0 saturated heterocycles. The molecular formula is C19H15ClF2N2O3. The summed E-state index contributed by atoms with van der Waals surface area (Å²) < 4.78 is 37.9. The second kappa shape index (κ2) is 7.75. The summed E-state index contributed by atoms with van der Waals surface area (Å²) in [4.78, 5) is 16.2. The van der Waals surface area contributed by atoms with Crippen LogP contribution in [0, 0.1) is 18.6 Å². The van der Waals surface area contributed by atoms with Crippen molar-refractivity contribution in [1.82, 2.24) is 10.3 Å². The molecule has 140 valence electrons. The molecule has 3 aromatic rings. The third-order valence-electron chi connectivity index (χ3n) is 3.87. The molecule has 2 aromatic carbocycles. The summed E-state index contributed by atoms with van der Waals surface area (Å²) in [5.74, 6) is -1.53. The number of carbonyl (C=O) groups is 1. The quantitative estimate of drug-likeness (QED) is 0.648. The maximum atomic E-state index is 13.7. The van der Waals surface area contributed by atoms with Crippen molar-refractivity contribution in [2.45, 2.75) is 19.9 Å². The predicted molar refractivity (Wildman–Crippen MR) is 95.0 cm³/mol. The molecule has 0 aliphatic heterocycles. The first-order chi connectivity index (χ1) is 12.8. The molecule has 0 aliphatic rings. The molecule has 1 heterocycles. The van der Waals surface area contributed by atoms with Gasteiger partial charge in [-0.1, -0.05) is 17.7 Å². The summed E-state index contributed by atoms with van der Waals surface area (Å²) in [6.45, 7) is 2.94. The van der Waals surface area contributed by atoms with Crippen molar-refractivity contribution < 1.29 is 22.7 Å². The maximum Gasteiger partial charge on any atom is 0.399 e. The van der Waals surface area contributed by atoms with E-state index in [1.54, 1.807) is 31.2 Å². The number of benzene rings is 2. The van der Waals surface area contributed by atoms with Crippen LogP contribution in [0.4, 0.5) is 8.78 Å². The molecule has 0 unspecified atom stereocenters. The van der Waals surface area contributed by atoms with E-state index in [-0.39, 0.29) is 17.3 Å². The number of halogens is 3. The Labute approximate surface area is 158 Å². The van der Waals surface area contributed by atoms with Crippen molar-refractivity contribution >= 4 is 17.5 Å². The van der Waals surface area contributed by atoms with Crippen LogP contribution in [0.3, 0.4) is 0 Å². The maximum absolute atomic E-state index is 13.7. The van der Waals surface area contributed by atoms with E-state index in [0.29, 0.717) is 16.3 Å². The van der Waals surface area contributed by atoms with E-state index in [9.17, 15) is 13.6 Å². The smallest absolute Gasteiger partial charge is 0.399 e. The molecule has 0 fully saturated rings. The van der Waals surface area contributed by atoms with Gasteiger partial charge in [-0.3, -0.25) is 4.79 Å². The Hall–Kier alpha value is -2.93.